The minimum Gasteiger partial charge on any atom is -0.483 e. The molecule has 57 heavy (non-hydrogen) atoms. The Balaban J connectivity index is 0.971. The topological polar surface area (TPSA) is 257 Å². The summed E-state index contributed by atoms with van der Waals surface area (Å²) in [5.74, 6) is -3.95. The molecule has 0 aliphatic carbocycles. The Morgan fingerprint density at radius 2 is 1.44 bits per heavy atom. The number of hydrogen-bond acceptors (Lipinski definition) is 13. The molecule has 1 fully saturated rings. The number of carbonyl (C=O) groups excluding carboxylic acids is 8. The number of nitrogens with zero attached hydrogens (tertiary/aromatic N) is 1. The molecule has 2 aromatic rings. The molecule has 6 N–H and O–H groups in total. The number of hydrogen-bond donors (Lipinski definition) is 6. The van der Waals surface area contributed by atoms with E-state index in [1.165, 1.54) is 18.2 Å². The third-order valence-electron chi connectivity index (χ3n) is 8.75. The van der Waals surface area contributed by atoms with Gasteiger partial charge in [0.1, 0.15) is 11.8 Å². The first-order valence-electron chi connectivity index (χ1n) is 18.7. The van der Waals surface area contributed by atoms with Crippen molar-refractivity contribution in [3.05, 3.63) is 59.2 Å². The zero-order valence-electron chi connectivity index (χ0n) is 31.4. The zero-order chi connectivity index (χ0) is 41.0. The Morgan fingerprint density at radius 3 is 2.16 bits per heavy atom. The van der Waals surface area contributed by atoms with Crippen LogP contribution < -0.4 is 31.5 Å². The van der Waals surface area contributed by atoms with Gasteiger partial charge in [0, 0.05) is 37.2 Å². The second-order valence-electron chi connectivity index (χ2n) is 12.9. The molecule has 0 aromatic heterocycles. The average molecular weight is 797 g/mol. The number of unbranched alkanes of at least 4 members (excludes halogenated alkanes) is 3. The molecule has 1 atom stereocenters. The van der Waals surface area contributed by atoms with Crippen LogP contribution in [-0.4, -0.2) is 123 Å². The van der Waals surface area contributed by atoms with Crippen LogP contribution in [0.15, 0.2) is 42.5 Å². The lowest BCUT2D eigenvalue weighted by atomic mass is 10.0. The van der Waals surface area contributed by atoms with Crippen LogP contribution in [0.5, 0.6) is 5.75 Å². The standard InChI is InChI=1S/C38H48N6O13/c45-30-14-13-28(36(50)42-30)44-37(51)27-6-5-7-29(34(27)38(44)52)57-24-33(48)39-17-19-55-21-23-56-22-20-54-18-15-31(46)41-26-11-9-25(10-12-26)35(49)40-16-4-2-1-3-8-32(47)43-53/h5-7,9-12,28,53H,1-4,8,13-24H2,(H,39,48)(H,40,49)(H,41,46)(H,43,47)(H,42,45,50). The molecule has 1 unspecified atom stereocenters. The molecular weight excluding hydrogens is 748 g/mol. The van der Waals surface area contributed by atoms with Crippen molar-refractivity contribution < 1.29 is 62.5 Å². The van der Waals surface area contributed by atoms with Gasteiger partial charge < -0.3 is 34.9 Å². The highest BCUT2D eigenvalue weighted by atomic mass is 16.5. The van der Waals surface area contributed by atoms with Gasteiger partial charge in [-0.15, -0.1) is 0 Å². The van der Waals surface area contributed by atoms with Crippen molar-refractivity contribution in [3.8, 4) is 5.75 Å². The summed E-state index contributed by atoms with van der Waals surface area (Å²) in [7, 11) is 0. The molecule has 19 heteroatoms. The summed E-state index contributed by atoms with van der Waals surface area (Å²) in [5.41, 5.74) is 2.61. The fourth-order valence-corrected chi connectivity index (χ4v) is 5.82. The normalized spacial score (nSPS) is 14.8. The molecule has 1 saturated heterocycles. The van der Waals surface area contributed by atoms with E-state index in [0.717, 1.165) is 24.2 Å². The van der Waals surface area contributed by atoms with E-state index < -0.39 is 48.1 Å². The zero-order valence-corrected chi connectivity index (χ0v) is 31.4. The van der Waals surface area contributed by atoms with E-state index in [1.54, 1.807) is 29.7 Å². The van der Waals surface area contributed by atoms with Gasteiger partial charge in [0.15, 0.2) is 6.61 Å². The van der Waals surface area contributed by atoms with Crippen molar-refractivity contribution in [1.29, 1.82) is 0 Å². The van der Waals surface area contributed by atoms with Gasteiger partial charge in [-0.1, -0.05) is 18.9 Å². The van der Waals surface area contributed by atoms with Crippen molar-refractivity contribution in [1.82, 2.24) is 26.3 Å². The fourth-order valence-electron chi connectivity index (χ4n) is 5.82. The lowest BCUT2D eigenvalue weighted by molar-refractivity contribution is -0.136. The van der Waals surface area contributed by atoms with Crippen LogP contribution in [0, 0.1) is 0 Å². The Kier molecular flexibility index (Phi) is 18.0. The van der Waals surface area contributed by atoms with Gasteiger partial charge in [-0.3, -0.25) is 53.8 Å². The predicted octanol–water partition coefficient (Wildman–Crippen LogP) is 0.847. The van der Waals surface area contributed by atoms with E-state index in [9.17, 15) is 38.4 Å². The molecule has 0 saturated carbocycles. The molecule has 308 valence electrons. The van der Waals surface area contributed by atoms with Gasteiger partial charge in [0.05, 0.1) is 57.2 Å². The summed E-state index contributed by atoms with van der Waals surface area (Å²) in [5, 5.41) is 18.8. The highest BCUT2D eigenvalue weighted by Crippen LogP contribution is 2.33. The smallest absolute Gasteiger partial charge is 0.266 e. The third-order valence-corrected chi connectivity index (χ3v) is 8.75. The van der Waals surface area contributed by atoms with Crippen LogP contribution >= 0.6 is 0 Å². The van der Waals surface area contributed by atoms with Crippen LogP contribution in [0.1, 0.15) is 82.4 Å². The number of benzene rings is 2. The molecular formula is C38H48N6O13. The number of fused-ring (bicyclic) bond motifs is 1. The molecule has 2 aliphatic heterocycles. The average Bonchev–Trinajstić information content (AvgIpc) is 3.45. The first-order chi connectivity index (χ1) is 27.6. The minimum atomic E-state index is -1.12. The van der Waals surface area contributed by atoms with Gasteiger partial charge in [0.2, 0.25) is 23.6 Å². The Hall–Kier alpha value is -5.76. The highest BCUT2D eigenvalue weighted by molar-refractivity contribution is 6.24. The van der Waals surface area contributed by atoms with Gasteiger partial charge in [0.25, 0.3) is 23.6 Å². The van der Waals surface area contributed by atoms with Crippen LogP contribution in [-0.2, 0) is 38.2 Å². The number of anilines is 1. The number of nitrogens with one attached hydrogen (secondary N) is 5. The first kappa shape index (κ1) is 44.0. The molecule has 0 bridgehead atoms. The largest absolute Gasteiger partial charge is 0.483 e. The Labute approximate surface area is 328 Å². The van der Waals surface area contributed by atoms with Gasteiger partial charge in [-0.05, 0) is 55.7 Å². The number of rotatable bonds is 25. The summed E-state index contributed by atoms with van der Waals surface area (Å²) in [4.78, 5) is 98.6. The molecule has 0 spiro atoms. The Morgan fingerprint density at radius 1 is 0.737 bits per heavy atom. The molecule has 4 rings (SSSR count). The van der Waals surface area contributed by atoms with Crippen molar-refractivity contribution >= 4 is 52.9 Å². The third kappa shape index (κ3) is 14.0. The van der Waals surface area contributed by atoms with Gasteiger partial charge in [-0.2, -0.15) is 0 Å². The fraction of sp³-hybridized carbons (Fsp3) is 0.474. The maximum atomic E-state index is 13.1. The van der Waals surface area contributed by atoms with Crippen molar-refractivity contribution in [2.45, 2.75) is 57.4 Å². The summed E-state index contributed by atoms with van der Waals surface area (Å²) in [6, 6.07) is 9.80. The lowest BCUT2D eigenvalue weighted by Gasteiger charge is -2.27. The Bertz CT molecular complexity index is 1750. The van der Waals surface area contributed by atoms with E-state index in [2.05, 4.69) is 21.3 Å². The maximum absolute atomic E-state index is 13.1. The van der Waals surface area contributed by atoms with Crippen molar-refractivity contribution in [2.75, 3.05) is 64.7 Å². The van der Waals surface area contributed by atoms with E-state index in [0.29, 0.717) is 24.2 Å². The first-order valence-corrected chi connectivity index (χ1v) is 18.7. The number of imide groups is 2. The number of ether oxygens (including phenoxy) is 4. The van der Waals surface area contributed by atoms with E-state index in [-0.39, 0.29) is 101 Å². The number of amides is 8. The van der Waals surface area contributed by atoms with Crippen LogP contribution in [0.2, 0.25) is 0 Å². The molecule has 0 radical (unpaired) electrons. The predicted molar refractivity (Wildman–Crippen MR) is 199 cm³/mol. The quantitative estimate of drug-likeness (QED) is 0.0353. The summed E-state index contributed by atoms with van der Waals surface area (Å²) in [6.07, 6.45) is 3.50. The highest BCUT2D eigenvalue weighted by Gasteiger charge is 2.46. The number of carbonyl (C=O) groups is 8. The van der Waals surface area contributed by atoms with Crippen molar-refractivity contribution in [2.24, 2.45) is 0 Å². The monoisotopic (exact) mass is 796 g/mol. The lowest BCUT2D eigenvalue weighted by Crippen LogP contribution is -2.54. The van der Waals surface area contributed by atoms with E-state index in [1.807, 2.05) is 0 Å². The second-order valence-corrected chi connectivity index (χ2v) is 12.9. The van der Waals surface area contributed by atoms with E-state index >= 15 is 0 Å². The molecule has 19 nitrogen and oxygen atoms in total. The van der Waals surface area contributed by atoms with Crippen LogP contribution in [0.4, 0.5) is 5.69 Å². The summed E-state index contributed by atoms with van der Waals surface area (Å²) in [6.45, 7) is 1.73. The second kappa shape index (κ2) is 23.3. The number of piperidine rings is 1. The van der Waals surface area contributed by atoms with Crippen molar-refractivity contribution in [3.63, 3.8) is 0 Å². The minimum absolute atomic E-state index is 0.00311. The summed E-state index contributed by atoms with van der Waals surface area (Å²) >= 11 is 0. The molecule has 2 aromatic carbocycles. The van der Waals surface area contributed by atoms with Gasteiger partial charge >= 0.3 is 0 Å². The molecule has 2 aliphatic rings. The molecule has 8 amide bonds. The van der Waals surface area contributed by atoms with Crippen LogP contribution in [0.25, 0.3) is 0 Å². The van der Waals surface area contributed by atoms with Gasteiger partial charge in [-0.25, -0.2) is 5.48 Å². The SMILES string of the molecule is O=C(CCCCCCNC(=O)c1ccc(NC(=O)CCOCCOCCOCCNC(=O)COc2cccc3c2C(=O)N(C2CCC(=O)NC2=O)C3=O)cc1)NO. The molecule has 2 heterocycles. The maximum Gasteiger partial charge on any atom is 0.266 e. The van der Waals surface area contributed by atoms with E-state index in [4.69, 9.17) is 24.2 Å². The van der Waals surface area contributed by atoms with Crippen LogP contribution in [0.3, 0.4) is 0 Å². The number of hydroxylamine groups is 1. The summed E-state index contributed by atoms with van der Waals surface area (Å²) < 4.78 is 21.9.